The first-order valence-corrected chi connectivity index (χ1v) is 4.46. The third-order valence-corrected chi connectivity index (χ3v) is 1.96. The van der Waals surface area contributed by atoms with E-state index in [-0.39, 0.29) is 0 Å². The van der Waals surface area contributed by atoms with Gasteiger partial charge in [-0.15, -0.1) is 0 Å². The van der Waals surface area contributed by atoms with E-state index in [1.165, 1.54) is 0 Å². The molecule has 0 saturated heterocycles. The van der Waals surface area contributed by atoms with Crippen LogP contribution in [0.4, 0.5) is 0 Å². The molecule has 0 spiro atoms. The van der Waals surface area contributed by atoms with E-state index in [1.54, 1.807) is 13.4 Å². The summed E-state index contributed by atoms with van der Waals surface area (Å²) in [6, 6.07) is 1.86. The lowest BCUT2D eigenvalue weighted by atomic mass is 10.1. The van der Waals surface area contributed by atoms with Crippen molar-refractivity contribution in [1.29, 1.82) is 0 Å². The van der Waals surface area contributed by atoms with Gasteiger partial charge in [0.15, 0.2) is 0 Å². The van der Waals surface area contributed by atoms with Crippen molar-refractivity contribution < 1.29 is 14.3 Å². The van der Waals surface area contributed by atoms with Gasteiger partial charge in [-0.25, -0.2) is 0 Å². The van der Waals surface area contributed by atoms with Gasteiger partial charge < -0.3 is 14.3 Å². The minimum absolute atomic E-state index is 0.424. The highest BCUT2D eigenvalue weighted by Gasteiger charge is 2.09. The molecule has 1 N–H and O–H groups in total. The molecule has 1 rings (SSSR count). The number of hydrogen-bond acceptors (Lipinski definition) is 3. The van der Waals surface area contributed by atoms with E-state index in [2.05, 4.69) is 0 Å². The molecule has 1 heterocycles. The van der Waals surface area contributed by atoms with Crippen LogP contribution in [0.5, 0.6) is 0 Å². The van der Waals surface area contributed by atoms with Crippen LogP contribution < -0.4 is 0 Å². The normalized spacial score (nSPS) is 13.2. The first-order chi connectivity index (χ1) is 6.24. The number of aliphatic hydroxyl groups excluding tert-OH is 1. The summed E-state index contributed by atoms with van der Waals surface area (Å²) in [5.41, 5.74) is 0.855. The highest BCUT2D eigenvalue weighted by molar-refractivity contribution is 5.14. The smallest absolute Gasteiger partial charge is 0.101 e. The van der Waals surface area contributed by atoms with Crippen LogP contribution in [-0.2, 0) is 4.74 Å². The van der Waals surface area contributed by atoms with Gasteiger partial charge in [0.25, 0.3) is 0 Å². The van der Waals surface area contributed by atoms with Crippen LogP contribution in [0.2, 0.25) is 0 Å². The van der Waals surface area contributed by atoms with Gasteiger partial charge in [-0.05, 0) is 25.8 Å². The standard InChI is InChI=1S/C10H16O3/c1-8-6-9(7-13-8)10(11)4-3-5-12-2/h6-7,10-11H,3-5H2,1-2H3. The summed E-state index contributed by atoms with van der Waals surface area (Å²) in [5, 5.41) is 9.64. The van der Waals surface area contributed by atoms with Crippen molar-refractivity contribution in [1.82, 2.24) is 0 Å². The van der Waals surface area contributed by atoms with Crippen LogP contribution in [0.3, 0.4) is 0 Å². The first-order valence-electron chi connectivity index (χ1n) is 4.46. The number of aryl methyl sites for hydroxylation is 1. The summed E-state index contributed by atoms with van der Waals surface area (Å²) < 4.78 is 10.00. The van der Waals surface area contributed by atoms with Gasteiger partial charge in [0.2, 0.25) is 0 Å². The van der Waals surface area contributed by atoms with Gasteiger partial charge in [0, 0.05) is 19.3 Å². The molecule has 0 aromatic carbocycles. The third kappa shape index (κ3) is 3.20. The lowest BCUT2D eigenvalue weighted by Crippen LogP contribution is -1.98. The molecule has 74 valence electrons. The Labute approximate surface area is 78.3 Å². The van der Waals surface area contributed by atoms with E-state index in [0.717, 1.165) is 17.7 Å². The first kappa shape index (κ1) is 10.3. The number of aliphatic hydroxyl groups is 1. The Bertz CT molecular complexity index is 242. The Balaban J connectivity index is 2.35. The molecular formula is C10H16O3. The Kier molecular flexibility index (Phi) is 3.99. The molecule has 0 aliphatic heterocycles. The fourth-order valence-electron chi connectivity index (χ4n) is 1.23. The topological polar surface area (TPSA) is 42.6 Å². The van der Waals surface area contributed by atoms with Crippen molar-refractivity contribution in [3.8, 4) is 0 Å². The van der Waals surface area contributed by atoms with Gasteiger partial charge in [-0.3, -0.25) is 0 Å². The predicted octanol–water partition coefficient (Wildman–Crippen LogP) is 2.05. The molecule has 1 aromatic heterocycles. The van der Waals surface area contributed by atoms with Gasteiger partial charge in [0.05, 0.1) is 12.4 Å². The number of hydrogen-bond donors (Lipinski definition) is 1. The summed E-state index contributed by atoms with van der Waals surface area (Å²) in [7, 11) is 1.66. The van der Waals surface area contributed by atoms with E-state index in [0.29, 0.717) is 13.0 Å². The van der Waals surface area contributed by atoms with Gasteiger partial charge in [0.1, 0.15) is 5.76 Å². The average Bonchev–Trinajstić information content (AvgIpc) is 2.52. The minimum Gasteiger partial charge on any atom is -0.469 e. The fourth-order valence-corrected chi connectivity index (χ4v) is 1.23. The summed E-state index contributed by atoms with van der Waals surface area (Å²) >= 11 is 0. The lowest BCUT2D eigenvalue weighted by Gasteiger charge is -2.06. The maximum atomic E-state index is 9.64. The van der Waals surface area contributed by atoms with Gasteiger partial charge >= 0.3 is 0 Å². The lowest BCUT2D eigenvalue weighted by molar-refractivity contribution is 0.136. The maximum Gasteiger partial charge on any atom is 0.101 e. The van der Waals surface area contributed by atoms with Crippen LogP contribution in [0.1, 0.15) is 30.3 Å². The zero-order valence-electron chi connectivity index (χ0n) is 8.12. The largest absolute Gasteiger partial charge is 0.469 e. The molecule has 0 radical (unpaired) electrons. The zero-order chi connectivity index (χ0) is 9.68. The molecule has 0 aliphatic rings. The second-order valence-corrected chi connectivity index (χ2v) is 3.14. The molecule has 3 heteroatoms. The van der Waals surface area contributed by atoms with Crippen molar-refractivity contribution in [2.24, 2.45) is 0 Å². The van der Waals surface area contributed by atoms with Crippen LogP contribution in [0.25, 0.3) is 0 Å². The summed E-state index contributed by atoms with van der Waals surface area (Å²) in [4.78, 5) is 0. The van der Waals surface area contributed by atoms with Gasteiger partial charge in [-0.2, -0.15) is 0 Å². The third-order valence-electron chi connectivity index (χ3n) is 1.96. The highest BCUT2D eigenvalue weighted by Crippen LogP contribution is 2.20. The molecular weight excluding hydrogens is 168 g/mol. The van der Waals surface area contributed by atoms with Crippen LogP contribution in [-0.4, -0.2) is 18.8 Å². The van der Waals surface area contributed by atoms with Crippen molar-refractivity contribution in [3.63, 3.8) is 0 Å². The number of ether oxygens (including phenoxy) is 1. The molecule has 0 fully saturated rings. The molecule has 1 atom stereocenters. The number of rotatable bonds is 5. The van der Waals surface area contributed by atoms with E-state index in [1.807, 2.05) is 13.0 Å². The monoisotopic (exact) mass is 184 g/mol. The SMILES string of the molecule is COCCCC(O)c1coc(C)c1. The van der Waals surface area contributed by atoms with Gasteiger partial charge in [-0.1, -0.05) is 0 Å². The van der Waals surface area contributed by atoms with E-state index < -0.39 is 6.10 Å². The molecule has 0 amide bonds. The van der Waals surface area contributed by atoms with Crippen molar-refractivity contribution >= 4 is 0 Å². The maximum absolute atomic E-state index is 9.64. The zero-order valence-corrected chi connectivity index (χ0v) is 8.12. The summed E-state index contributed by atoms with van der Waals surface area (Å²) in [6.45, 7) is 2.55. The molecule has 13 heavy (non-hydrogen) atoms. The van der Waals surface area contributed by atoms with Crippen LogP contribution >= 0.6 is 0 Å². The average molecular weight is 184 g/mol. The van der Waals surface area contributed by atoms with Crippen molar-refractivity contribution in [3.05, 3.63) is 23.7 Å². The Morgan fingerprint density at radius 3 is 2.92 bits per heavy atom. The fraction of sp³-hybridized carbons (Fsp3) is 0.600. The number of furan rings is 1. The van der Waals surface area contributed by atoms with Crippen LogP contribution in [0, 0.1) is 6.92 Å². The molecule has 3 nitrogen and oxygen atoms in total. The summed E-state index contributed by atoms with van der Waals surface area (Å²) in [5.74, 6) is 0.834. The highest BCUT2D eigenvalue weighted by atomic mass is 16.5. The molecule has 1 aromatic rings. The van der Waals surface area contributed by atoms with Crippen molar-refractivity contribution in [2.45, 2.75) is 25.9 Å². The predicted molar refractivity (Wildman–Crippen MR) is 49.5 cm³/mol. The van der Waals surface area contributed by atoms with E-state index in [9.17, 15) is 5.11 Å². The van der Waals surface area contributed by atoms with Crippen molar-refractivity contribution in [2.75, 3.05) is 13.7 Å². The Morgan fingerprint density at radius 2 is 2.38 bits per heavy atom. The summed E-state index contributed by atoms with van der Waals surface area (Å²) in [6.07, 6.45) is 2.76. The van der Waals surface area contributed by atoms with E-state index >= 15 is 0 Å². The Hall–Kier alpha value is -0.800. The second-order valence-electron chi connectivity index (χ2n) is 3.14. The molecule has 1 unspecified atom stereocenters. The quantitative estimate of drug-likeness (QED) is 0.712. The molecule has 0 bridgehead atoms. The molecule has 0 aliphatic carbocycles. The van der Waals surface area contributed by atoms with E-state index in [4.69, 9.17) is 9.15 Å². The second kappa shape index (κ2) is 5.04. The molecule has 0 saturated carbocycles. The Morgan fingerprint density at radius 1 is 1.62 bits per heavy atom. The number of methoxy groups -OCH3 is 1. The van der Waals surface area contributed by atoms with Crippen LogP contribution in [0.15, 0.2) is 16.7 Å². The minimum atomic E-state index is -0.424.